The Labute approximate surface area is 114 Å². The molecule has 0 aliphatic rings. The first kappa shape index (κ1) is 15.6. The van der Waals surface area contributed by atoms with Crippen molar-refractivity contribution in [2.75, 3.05) is 6.54 Å². The van der Waals surface area contributed by atoms with E-state index < -0.39 is 0 Å². The highest BCUT2D eigenvalue weighted by Gasteiger charge is 2.16. The Morgan fingerprint density at radius 3 is 2.79 bits per heavy atom. The molecule has 1 rings (SSSR count). The zero-order valence-electron chi connectivity index (χ0n) is 11.5. The van der Waals surface area contributed by atoms with Crippen molar-refractivity contribution in [3.8, 4) is 6.07 Å². The van der Waals surface area contributed by atoms with Crippen LogP contribution in [0.25, 0.3) is 0 Å². The Morgan fingerprint density at radius 1 is 1.42 bits per heavy atom. The summed E-state index contributed by atoms with van der Waals surface area (Å²) in [4.78, 5) is 0. The van der Waals surface area contributed by atoms with Crippen LogP contribution >= 0.6 is 0 Å². The van der Waals surface area contributed by atoms with Gasteiger partial charge in [-0.25, -0.2) is 4.39 Å². The minimum Gasteiger partial charge on any atom is -0.392 e. The predicted octanol–water partition coefficient (Wildman–Crippen LogP) is 2.74. The van der Waals surface area contributed by atoms with Crippen molar-refractivity contribution in [3.63, 3.8) is 0 Å². The molecular formula is C15H21FN2O. The van der Waals surface area contributed by atoms with Gasteiger partial charge in [0.15, 0.2) is 0 Å². The summed E-state index contributed by atoms with van der Waals surface area (Å²) < 4.78 is 13.2. The number of aliphatic hydroxyl groups excluding tert-OH is 1. The lowest BCUT2D eigenvalue weighted by Gasteiger charge is -2.23. The highest BCUT2D eigenvalue weighted by molar-refractivity contribution is 5.24. The van der Waals surface area contributed by atoms with Gasteiger partial charge < -0.3 is 10.4 Å². The van der Waals surface area contributed by atoms with E-state index in [2.05, 4.69) is 25.2 Å². The van der Waals surface area contributed by atoms with Gasteiger partial charge in [0, 0.05) is 25.1 Å². The van der Waals surface area contributed by atoms with Gasteiger partial charge in [-0.2, -0.15) is 5.26 Å². The van der Waals surface area contributed by atoms with Crippen LogP contribution in [0.4, 0.5) is 4.39 Å². The van der Waals surface area contributed by atoms with Crippen molar-refractivity contribution in [1.29, 1.82) is 5.26 Å². The number of nitriles is 1. The molecule has 0 bridgehead atoms. The molecule has 0 saturated heterocycles. The first-order valence-corrected chi connectivity index (χ1v) is 6.44. The Morgan fingerprint density at radius 2 is 2.16 bits per heavy atom. The van der Waals surface area contributed by atoms with Crippen LogP contribution in [0, 0.1) is 22.6 Å². The molecule has 4 heteroatoms. The van der Waals surface area contributed by atoms with E-state index in [1.54, 1.807) is 12.1 Å². The number of halogens is 1. The van der Waals surface area contributed by atoms with E-state index in [9.17, 15) is 4.39 Å². The maximum absolute atomic E-state index is 13.2. The average molecular weight is 264 g/mol. The summed E-state index contributed by atoms with van der Waals surface area (Å²) in [6, 6.07) is 6.92. The quantitative estimate of drug-likeness (QED) is 0.796. The van der Waals surface area contributed by atoms with Crippen LogP contribution in [0.5, 0.6) is 0 Å². The molecular weight excluding hydrogens is 243 g/mol. The zero-order valence-corrected chi connectivity index (χ0v) is 11.5. The molecule has 0 aromatic heterocycles. The molecule has 0 spiro atoms. The number of aliphatic hydroxyl groups is 1. The Bertz CT molecular complexity index is 452. The molecule has 0 aliphatic heterocycles. The fourth-order valence-electron chi connectivity index (χ4n) is 1.89. The summed E-state index contributed by atoms with van der Waals surface area (Å²) in [5, 5.41) is 20.9. The topological polar surface area (TPSA) is 56.0 Å². The number of benzene rings is 1. The minimum atomic E-state index is -0.374. The zero-order chi connectivity index (χ0) is 14.3. The van der Waals surface area contributed by atoms with Crippen LogP contribution < -0.4 is 5.32 Å². The lowest BCUT2D eigenvalue weighted by molar-refractivity contribution is 0.275. The number of hydrogen-bond acceptors (Lipinski definition) is 3. The van der Waals surface area contributed by atoms with E-state index in [4.69, 9.17) is 10.4 Å². The molecule has 0 saturated carbocycles. The smallest absolute Gasteiger partial charge is 0.128 e. The van der Waals surface area contributed by atoms with E-state index in [0.717, 1.165) is 18.5 Å². The van der Waals surface area contributed by atoms with Gasteiger partial charge >= 0.3 is 0 Å². The van der Waals surface area contributed by atoms with Crippen molar-refractivity contribution in [2.24, 2.45) is 5.41 Å². The van der Waals surface area contributed by atoms with Crippen molar-refractivity contribution in [3.05, 3.63) is 35.1 Å². The van der Waals surface area contributed by atoms with Gasteiger partial charge in [0.25, 0.3) is 0 Å². The fourth-order valence-corrected chi connectivity index (χ4v) is 1.89. The monoisotopic (exact) mass is 264 g/mol. The summed E-state index contributed by atoms with van der Waals surface area (Å²) in [5.41, 5.74) is 1.33. The van der Waals surface area contributed by atoms with E-state index >= 15 is 0 Å². The average Bonchev–Trinajstić information content (AvgIpc) is 2.38. The molecule has 0 aliphatic carbocycles. The van der Waals surface area contributed by atoms with Gasteiger partial charge in [0.05, 0.1) is 12.7 Å². The third-order valence-corrected chi connectivity index (χ3v) is 3.13. The highest BCUT2D eigenvalue weighted by atomic mass is 19.1. The normalized spacial score (nSPS) is 11.3. The van der Waals surface area contributed by atoms with Crippen molar-refractivity contribution >= 4 is 0 Å². The molecule has 1 aromatic rings. The predicted molar refractivity (Wildman–Crippen MR) is 72.7 cm³/mol. The highest BCUT2D eigenvalue weighted by Crippen LogP contribution is 2.21. The number of nitrogens with one attached hydrogen (secondary N) is 1. The second kappa shape index (κ2) is 7.22. The molecule has 0 atom stereocenters. The van der Waals surface area contributed by atoms with Crippen molar-refractivity contribution in [1.82, 2.24) is 5.32 Å². The number of nitrogens with zero attached hydrogens (tertiary/aromatic N) is 1. The first-order chi connectivity index (χ1) is 8.98. The summed E-state index contributed by atoms with van der Waals surface area (Å²) in [6.45, 7) is 5.36. The maximum atomic E-state index is 13.2. The Balaban J connectivity index is 2.47. The summed E-state index contributed by atoms with van der Waals surface area (Å²) in [5.74, 6) is -0.374. The minimum absolute atomic E-state index is 0.0650. The van der Waals surface area contributed by atoms with Crippen LogP contribution in [-0.4, -0.2) is 11.7 Å². The van der Waals surface area contributed by atoms with Gasteiger partial charge in [-0.3, -0.25) is 0 Å². The van der Waals surface area contributed by atoms with Crippen LogP contribution in [0.1, 0.15) is 37.8 Å². The second-order valence-corrected chi connectivity index (χ2v) is 5.51. The van der Waals surface area contributed by atoms with E-state index in [1.807, 2.05) is 0 Å². The summed E-state index contributed by atoms with van der Waals surface area (Å²) in [7, 11) is 0. The third kappa shape index (κ3) is 5.37. The standard InChI is InChI=1S/C15H21FN2O/c1-15(2,6-3-7-17)11-18-9-12-4-5-14(16)13(8-12)10-19/h4-5,8,18-19H,3,6,9-11H2,1-2H3. The largest absolute Gasteiger partial charge is 0.392 e. The van der Waals surface area contributed by atoms with Crippen molar-refractivity contribution < 1.29 is 9.50 Å². The number of rotatable bonds is 7. The van der Waals surface area contributed by atoms with Crippen LogP contribution in [0.15, 0.2) is 18.2 Å². The lowest BCUT2D eigenvalue weighted by Crippen LogP contribution is -2.29. The van der Waals surface area contributed by atoms with E-state index in [-0.39, 0.29) is 17.8 Å². The van der Waals surface area contributed by atoms with E-state index in [1.165, 1.54) is 6.07 Å². The van der Waals surface area contributed by atoms with Gasteiger partial charge in [0.1, 0.15) is 5.82 Å². The summed E-state index contributed by atoms with van der Waals surface area (Å²) >= 11 is 0. The van der Waals surface area contributed by atoms with Crippen LogP contribution in [0.2, 0.25) is 0 Å². The van der Waals surface area contributed by atoms with E-state index in [0.29, 0.717) is 18.5 Å². The Kier molecular flexibility index (Phi) is 5.94. The second-order valence-electron chi connectivity index (χ2n) is 5.51. The summed E-state index contributed by atoms with van der Waals surface area (Å²) in [6.07, 6.45) is 1.40. The number of hydrogen-bond donors (Lipinski definition) is 2. The molecule has 19 heavy (non-hydrogen) atoms. The first-order valence-electron chi connectivity index (χ1n) is 6.44. The molecule has 2 N–H and O–H groups in total. The third-order valence-electron chi connectivity index (χ3n) is 3.13. The molecule has 0 heterocycles. The Hall–Kier alpha value is -1.44. The van der Waals surface area contributed by atoms with Crippen LogP contribution in [-0.2, 0) is 13.2 Å². The SMILES string of the molecule is CC(C)(CCC#N)CNCc1ccc(F)c(CO)c1. The van der Waals surface area contributed by atoms with Gasteiger partial charge in [-0.1, -0.05) is 19.9 Å². The molecule has 0 amide bonds. The molecule has 0 fully saturated rings. The van der Waals surface area contributed by atoms with Gasteiger partial charge in [0.2, 0.25) is 0 Å². The van der Waals surface area contributed by atoms with Crippen molar-refractivity contribution in [2.45, 2.75) is 39.8 Å². The fraction of sp³-hybridized carbons (Fsp3) is 0.533. The van der Waals surface area contributed by atoms with Gasteiger partial charge in [-0.05, 0) is 29.5 Å². The molecule has 104 valence electrons. The molecule has 0 unspecified atom stereocenters. The molecule has 1 aromatic carbocycles. The molecule has 0 radical (unpaired) electrons. The maximum Gasteiger partial charge on any atom is 0.128 e. The van der Waals surface area contributed by atoms with Crippen LogP contribution in [0.3, 0.4) is 0 Å². The van der Waals surface area contributed by atoms with Gasteiger partial charge in [-0.15, -0.1) is 0 Å². The lowest BCUT2D eigenvalue weighted by atomic mass is 9.88. The molecule has 3 nitrogen and oxygen atoms in total.